The van der Waals surface area contributed by atoms with Crippen molar-refractivity contribution in [1.82, 2.24) is 10.2 Å². The second kappa shape index (κ2) is 5.00. The molecule has 0 unspecified atom stereocenters. The molecule has 0 fully saturated rings. The average Bonchev–Trinajstić information content (AvgIpc) is 2.76. The van der Waals surface area contributed by atoms with Crippen LogP contribution in [-0.4, -0.2) is 16.1 Å². The molecule has 6 nitrogen and oxygen atoms in total. The second-order valence-corrected chi connectivity index (χ2v) is 4.62. The monoisotopic (exact) mass is 279 g/mol. The number of nitrogens with zero attached hydrogens (tertiary/aromatic N) is 3. The first kappa shape index (κ1) is 12.3. The van der Waals surface area contributed by atoms with Crippen molar-refractivity contribution in [2.75, 3.05) is 11.1 Å². The first-order valence-corrected chi connectivity index (χ1v) is 5.89. The van der Waals surface area contributed by atoms with E-state index in [-0.39, 0.29) is 15.2 Å². The molecule has 8 heteroatoms. The van der Waals surface area contributed by atoms with Gasteiger partial charge in [0.1, 0.15) is 6.07 Å². The standard InChI is InChI=1S/C10H6ClN5OS/c11-7-3-6(2-1-5(7)4-12)14-8(17)9-15-16-10(13)18-9/h1-3H,(H2,13,16)(H,14,17). The molecule has 1 aromatic carbocycles. The van der Waals surface area contributed by atoms with Crippen molar-refractivity contribution in [2.24, 2.45) is 0 Å². The number of benzene rings is 1. The Bertz CT molecular complexity index is 648. The molecule has 0 radical (unpaired) electrons. The summed E-state index contributed by atoms with van der Waals surface area (Å²) in [5.74, 6) is -0.426. The number of amides is 1. The number of hydrogen-bond donors (Lipinski definition) is 2. The maximum Gasteiger partial charge on any atom is 0.286 e. The number of aromatic nitrogens is 2. The molecule has 3 N–H and O–H groups in total. The van der Waals surface area contributed by atoms with Crippen LogP contribution in [0.3, 0.4) is 0 Å². The Morgan fingerprint density at radius 2 is 2.28 bits per heavy atom. The first-order chi connectivity index (χ1) is 8.60. The predicted octanol–water partition coefficient (Wildman–Crippen LogP) is 1.90. The summed E-state index contributed by atoms with van der Waals surface area (Å²) in [4.78, 5) is 11.7. The summed E-state index contributed by atoms with van der Waals surface area (Å²) in [6.07, 6.45) is 0. The number of anilines is 2. The Hall–Kier alpha value is -2.17. The summed E-state index contributed by atoms with van der Waals surface area (Å²) in [5.41, 5.74) is 6.19. The number of rotatable bonds is 2. The molecule has 0 saturated carbocycles. The minimum Gasteiger partial charge on any atom is -0.374 e. The Kier molecular flexibility index (Phi) is 3.41. The first-order valence-electron chi connectivity index (χ1n) is 4.70. The van der Waals surface area contributed by atoms with Gasteiger partial charge >= 0.3 is 0 Å². The normalized spacial score (nSPS) is 9.78. The van der Waals surface area contributed by atoms with Gasteiger partial charge in [-0.05, 0) is 18.2 Å². The molecule has 0 atom stereocenters. The molecule has 2 rings (SSSR count). The molecular weight excluding hydrogens is 274 g/mol. The Morgan fingerprint density at radius 3 is 2.83 bits per heavy atom. The van der Waals surface area contributed by atoms with Crippen LogP contribution in [0.4, 0.5) is 10.8 Å². The lowest BCUT2D eigenvalue weighted by Crippen LogP contribution is -2.11. The highest BCUT2D eigenvalue weighted by Crippen LogP contribution is 2.21. The van der Waals surface area contributed by atoms with E-state index >= 15 is 0 Å². The second-order valence-electron chi connectivity index (χ2n) is 3.21. The number of carbonyl (C=O) groups excluding carboxylic acids is 1. The van der Waals surface area contributed by atoms with E-state index in [0.29, 0.717) is 11.3 Å². The van der Waals surface area contributed by atoms with E-state index in [1.54, 1.807) is 6.07 Å². The van der Waals surface area contributed by atoms with Gasteiger partial charge in [0.05, 0.1) is 10.6 Å². The lowest BCUT2D eigenvalue weighted by Gasteiger charge is -2.03. The van der Waals surface area contributed by atoms with Crippen LogP contribution >= 0.6 is 22.9 Å². The highest BCUT2D eigenvalue weighted by Gasteiger charge is 2.12. The summed E-state index contributed by atoms with van der Waals surface area (Å²) in [6.45, 7) is 0. The smallest absolute Gasteiger partial charge is 0.286 e. The highest BCUT2D eigenvalue weighted by atomic mass is 35.5. The fraction of sp³-hybridized carbons (Fsp3) is 0. The van der Waals surface area contributed by atoms with Crippen LogP contribution < -0.4 is 11.1 Å². The molecule has 0 aliphatic carbocycles. The van der Waals surface area contributed by atoms with Crippen molar-refractivity contribution in [2.45, 2.75) is 0 Å². The van der Waals surface area contributed by atoms with E-state index in [9.17, 15) is 4.79 Å². The molecule has 1 aromatic heterocycles. The highest BCUT2D eigenvalue weighted by molar-refractivity contribution is 7.16. The lowest BCUT2D eigenvalue weighted by molar-refractivity contribution is 0.102. The minimum atomic E-state index is -0.426. The SMILES string of the molecule is N#Cc1ccc(NC(=O)c2nnc(N)s2)cc1Cl. The maximum absolute atomic E-state index is 11.7. The molecule has 18 heavy (non-hydrogen) atoms. The Labute approximate surface area is 111 Å². The van der Waals surface area contributed by atoms with Gasteiger partial charge in [-0.1, -0.05) is 22.9 Å². The molecule has 1 amide bonds. The van der Waals surface area contributed by atoms with Crippen LogP contribution in [0.2, 0.25) is 5.02 Å². The zero-order chi connectivity index (χ0) is 13.1. The zero-order valence-electron chi connectivity index (χ0n) is 8.85. The number of hydrogen-bond acceptors (Lipinski definition) is 6. The largest absolute Gasteiger partial charge is 0.374 e. The van der Waals surface area contributed by atoms with Crippen molar-refractivity contribution in [1.29, 1.82) is 5.26 Å². The number of carbonyl (C=O) groups is 1. The van der Waals surface area contributed by atoms with Crippen LogP contribution in [-0.2, 0) is 0 Å². The molecule has 2 aromatic rings. The fourth-order valence-corrected chi connectivity index (χ4v) is 1.92. The lowest BCUT2D eigenvalue weighted by atomic mass is 10.2. The molecule has 1 heterocycles. The minimum absolute atomic E-state index is 0.160. The maximum atomic E-state index is 11.7. The Balaban J connectivity index is 2.17. The summed E-state index contributed by atoms with van der Waals surface area (Å²) in [7, 11) is 0. The van der Waals surface area contributed by atoms with Crippen LogP contribution in [0.1, 0.15) is 15.4 Å². The van der Waals surface area contributed by atoms with Gasteiger partial charge in [-0.15, -0.1) is 10.2 Å². The van der Waals surface area contributed by atoms with Crippen molar-refractivity contribution >= 4 is 39.7 Å². The Morgan fingerprint density at radius 1 is 1.50 bits per heavy atom. The molecule has 0 saturated heterocycles. The van der Waals surface area contributed by atoms with Crippen molar-refractivity contribution in [3.05, 3.63) is 33.8 Å². The van der Waals surface area contributed by atoms with Gasteiger partial charge in [0.15, 0.2) is 0 Å². The van der Waals surface area contributed by atoms with Crippen LogP contribution in [0.25, 0.3) is 0 Å². The van der Waals surface area contributed by atoms with E-state index in [2.05, 4.69) is 15.5 Å². The molecule has 90 valence electrons. The van der Waals surface area contributed by atoms with E-state index in [0.717, 1.165) is 11.3 Å². The number of nitrogen functional groups attached to an aromatic ring is 1. The third kappa shape index (κ3) is 2.56. The fourth-order valence-electron chi connectivity index (χ4n) is 1.19. The predicted molar refractivity (Wildman–Crippen MR) is 68.4 cm³/mol. The van der Waals surface area contributed by atoms with Crippen molar-refractivity contribution in [3.8, 4) is 6.07 Å². The number of nitrogens with two attached hydrogens (primary N) is 1. The zero-order valence-corrected chi connectivity index (χ0v) is 10.4. The molecule has 0 bridgehead atoms. The van der Waals surface area contributed by atoms with Crippen LogP contribution in [0.5, 0.6) is 0 Å². The van der Waals surface area contributed by atoms with E-state index in [1.165, 1.54) is 12.1 Å². The van der Waals surface area contributed by atoms with Gasteiger partial charge in [-0.2, -0.15) is 5.26 Å². The van der Waals surface area contributed by atoms with Gasteiger partial charge in [0.25, 0.3) is 5.91 Å². The van der Waals surface area contributed by atoms with Gasteiger partial charge in [0, 0.05) is 5.69 Å². The third-order valence-corrected chi connectivity index (χ3v) is 3.05. The number of nitrogens with one attached hydrogen (secondary N) is 1. The number of halogens is 1. The van der Waals surface area contributed by atoms with Gasteiger partial charge in [-0.3, -0.25) is 4.79 Å². The van der Waals surface area contributed by atoms with Gasteiger partial charge < -0.3 is 11.1 Å². The van der Waals surface area contributed by atoms with Crippen molar-refractivity contribution in [3.63, 3.8) is 0 Å². The van der Waals surface area contributed by atoms with E-state index < -0.39 is 5.91 Å². The third-order valence-electron chi connectivity index (χ3n) is 1.98. The van der Waals surface area contributed by atoms with E-state index in [4.69, 9.17) is 22.6 Å². The van der Waals surface area contributed by atoms with Crippen LogP contribution in [0.15, 0.2) is 18.2 Å². The van der Waals surface area contributed by atoms with Gasteiger partial charge in [-0.25, -0.2) is 0 Å². The van der Waals surface area contributed by atoms with E-state index in [1.807, 2.05) is 6.07 Å². The molecule has 0 aliphatic rings. The molecular formula is C10H6ClN5OS. The molecule has 0 spiro atoms. The number of nitriles is 1. The summed E-state index contributed by atoms with van der Waals surface area (Å²) >= 11 is 6.83. The van der Waals surface area contributed by atoms with Crippen LogP contribution in [0, 0.1) is 11.3 Å². The topological polar surface area (TPSA) is 105 Å². The average molecular weight is 280 g/mol. The summed E-state index contributed by atoms with van der Waals surface area (Å²) in [5, 5.41) is 19.1. The molecule has 0 aliphatic heterocycles. The summed E-state index contributed by atoms with van der Waals surface area (Å²) in [6, 6.07) is 6.51. The quantitative estimate of drug-likeness (QED) is 0.873. The summed E-state index contributed by atoms with van der Waals surface area (Å²) < 4.78 is 0. The van der Waals surface area contributed by atoms with Crippen molar-refractivity contribution < 1.29 is 4.79 Å². The van der Waals surface area contributed by atoms with Gasteiger partial charge in [0.2, 0.25) is 10.1 Å².